The van der Waals surface area contributed by atoms with Crippen LogP contribution >= 0.6 is 11.6 Å². The minimum absolute atomic E-state index is 0.00504. The molecule has 6 heteroatoms. The summed E-state index contributed by atoms with van der Waals surface area (Å²) < 4.78 is 6.23. The predicted octanol–water partition coefficient (Wildman–Crippen LogP) is 7.67. The zero-order valence-corrected chi connectivity index (χ0v) is 22.7. The maximum atomic E-state index is 12.6. The summed E-state index contributed by atoms with van der Waals surface area (Å²) in [7, 11) is 0. The lowest BCUT2D eigenvalue weighted by molar-refractivity contribution is -0.144. The predicted molar refractivity (Wildman–Crippen MR) is 156 cm³/mol. The average Bonchev–Trinajstić information content (AvgIpc) is 3.25. The summed E-state index contributed by atoms with van der Waals surface area (Å²) in [5.74, 6) is 0.546. The number of fused-ring (bicyclic) bond motifs is 3. The molecule has 0 radical (unpaired) electrons. The van der Waals surface area contributed by atoms with Crippen molar-refractivity contribution in [3.05, 3.63) is 101 Å². The summed E-state index contributed by atoms with van der Waals surface area (Å²) in [5, 5.41) is 15.3. The molecule has 2 aliphatic rings. The Morgan fingerprint density at radius 1 is 1.00 bits per heavy atom. The van der Waals surface area contributed by atoms with Gasteiger partial charge in [-0.05, 0) is 104 Å². The Kier molecular flexibility index (Phi) is 6.94. The fraction of sp³-hybridized carbons (Fsp3) is 0.333. The van der Waals surface area contributed by atoms with Gasteiger partial charge in [-0.2, -0.15) is 0 Å². The molecule has 1 fully saturated rings. The van der Waals surface area contributed by atoms with Crippen LogP contribution in [0.4, 0.5) is 5.69 Å². The first-order chi connectivity index (χ1) is 19.0. The highest BCUT2D eigenvalue weighted by atomic mass is 35.5. The first-order valence-electron chi connectivity index (χ1n) is 13.8. The normalized spacial score (nSPS) is 24.0. The van der Waals surface area contributed by atoms with Crippen molar-refractivity contribution in [2.75, 3.05) is 11.9 Å². The molecule has 1 saturated carbocycles. The van der Waals surface area contributed by atoms with E-state index in [4.69, 9.17) is 16.3 Å². The molecule has 5 nitrogen and oxygen atoms in total. The number of ether oxygens (including phenoxy) is 1. The van der Waals surface area contributed by atoms with Crippen molar-refractivity contribution in [3.8, 4) is 5.75 Å². The van der Waals surface area contributed by atoms with Gasteiger partial charge in [0.15, 0.2) is 0 Å². The Bertz CT molecular complexity index is 1490. The van der Waals surface area contributed by atoms with Crippen LogP contribution in [0, 0.1) is 5.92 Å². The van der Waals surface area contributed by atoms with E-state index >= 15 is 0 Å². The molecule has 2 aliphatic carbocycles. The molecule has 0 saturated heterocycles. The Hall–Kier alpha value is -3.57. The molecule has 1 aromatic heterocycles. The summed E-state index contributed by atoms with van der Waals surface area (Å²) >= 11 is 6.19. The SMILES string of the molecule is O=C(O)C1(Nc2cccc(Cl)c2)CCC2(CC1)c1ccccc1CC2CCCOc1ccnc2ccccc12. The number of halogens is 1. The highest BCUT2D eigenvalue weighted by Gasteiger charge is 2.53. The number of para-hydroxylation sites is 1. The maximum Gasteiger partial charge on any atom is 0.329 e. The van der Waals surface area contributed by atoms with Gasteiger partial charge in [0.2, 0.25) is 0 Å². The van der Waals surface area contributed by atoms with E-state index < -0.39 is 11.5 Å². The molecule has 4 aromatic rings. The first-order valence-corrected chi connectivity index (χ1v) is 14.2. The van der Waals surface area contributed by atoms with Crippen molar-refractivity contribution in [2.45, 2.75) is 55.9 Å². The van der Waals surface area contributed by atoms with Gasteiger partial charge in [0.1, 0.15) is 11.3 Å². The maximum absolute atomic E-state index is 12.6. The number of nitrogens with zero attached hydrogens (tertiary/aromatic N) is 1. The van der Waals surface area contributed by atoms with E-state index in [0.717, 1.165) is 54.4 Å². The number of benzene rings is 3. The fourth-order valence-electron chi connectivity index (χ4n) is 6.99. The monoisotopic (exact) mass is 540 g/mol. The van der Waals surface area contributed by atoms with Crippen LogP contribution in [0.1, 0.15) is 49.7 Å². The second-order valence-corrected chi connectivity index (χ2v) is 11.5. The number of pyridine rings is 1. The highest BCUT2D eigenvalue weighted by Crippen LogP contribution is 2.55. The van der Waals surface area contributed by atoms with Crippen LogP contribution in [0.2, 0.25) is 5.02 Å². The van der Waals surface area contributed by atoms with Crippen molar-refractivity contribution in [1.82, 2.24) is 4.98 Å². The molecule has 0 aliphatic heterocycles. The van der Waals surface area contributed by atoms with E-state index in [1.807, 2.05) is 36.4 Å². The summed E-state index contributed by atoms with van der Waals surface area (Å²) in [6.07, 6.45) is 7.64. The van der Waals surface area contributed by atoms with E-state index in [-0.39, 0.29) is 5.41 Å². The van der Waals surface area contributed by atoms with Crippen molar-refractivity contribution in [2.24, 2.45) is 5.92 Å². The zero-order valence-electron chi connectivity index (χ0n) is 21.9. The Morgan fingerprint density at radius 3 is 2.62 bits per heavy atom. The molecule has 3 aromatic carbocycles. The quantitative estimate of drug-likeness (QED) is 0.224. The summed E-state index contributed by atoms with van der Waals surface area (Å²) in [6.45, 7) is 0.645. The zero-order chi connectivity index (χ0) is 26.9. The molecule has 1 unspecified atom stereocenters. The Balaban J connectivity index is 1.17. The molecule has 2 N–H and O–H groups in total. The van der Waals surface area contributed by atoms with Gasteiger partial charge in [0.05, 0.1) is 12.1 Å². The van der Waals surface area contributed by atoms with Gasteiger partial charge in [0.25, 0.3) is 0 Å². The van der Waals surface area contributed by atoms with E-state index in [0.29, 0.717) is 30.4 Å². The number of aliphatic carboxylic acids is 1. The summed E-state index contributed by atoms with van der Waals surface area (Å²) in [5.41, 5.74) is 3.52. The molecule has 1 spiro atoms. The molecule has 39 heavy (non-hydrogen) atoms. The third kappa shape index (κ3) is 4.85. The minimum atomic E-state index is -0.996. The lowest BCUT2D eigenvalue weighted by atomic mass is 9.60. The lowest BCUT2D eigenvalue weighted by Crippen LogP contribution is -2.53. The van der Waals surface area contributed by atoms with E-state index in [2.05, 4.69) is 40.6 Å². The van der Waals surface area contributed by atoms with Gasteiger partial charge in [-0.25, -0.2) is 4.79 Å². The highest BCUT2D eigenvalue weighted by molar-refractivity contribution is 6.30. The Morgan fingerprint density at radius 2 is 1.79 bits per heavy atom. The molecule has 1 heterocycles. The second-order valence-electron chi connectivity index (χ2n) is 11.1. The fourth-order valence-corrected chi connectivity index (χ4v) is 7.18. The second kappa shape index (κ2) is 10.5. The van der Waals surface area contributed by atoms with Crippen LogP contribution in [0.3, 0.4) is 0 Å². The van der Waals surface area contributed by atoms with E-state index in [1.165, 1.54) is 11.1 Å². The molecular weight excluding hydrogens is 508 g/mol. The van der Waals surface area contributed by atoms with Crippen LogP contribution < -0.4 is 10.1 Å². The largest absolute Gasteiger partial charge is 0.493 e. The van der Waals surface area contributed by atoms with Crippen molar-refractivity contribution >= 4 is 34.2 Å². The van der Waals surface area contributed by atoms with Gasteiger partial charge in [-0.3, -0.25) is 4.98 Å². The van der Waals surface area contributed by atoms with Gasteiger partial charge in [-0.1, -0.05) is 54.1 Å². The third-order valence-electron chi connectivity index (χ3n) is 8.98. The van der Waals surface area contributed by atoms with Crippen LogP contribution in [-0.2, 0) is 16.6 Å². The molecule has 0 bridgehead atoms. The molecule has 200 valence electrons. The lowest BCUT2D eigenvalue weighted by Gasteiger charge is -2.47. The minimum Gasteiger partial charge on any atom is -0.493 e. The van der Waals surface area contributed by atoms with Crippen molar-refractivity contribution in [3.63, 3.8) is 0 Å². The van der Waals surface area contributed by atoms with Crippen LogP contribution in [0.5, 0.6) is 5.75 Å². The van der Waals surface area contributed by atoms with E-state index in [9.17, 15) is 9.90 Å². The number of nitrogens with one attached hydrogen (secondary N) is 1. The number of rotatable bonds is 8. The van der Waals surface area contributed by atoms with Crippen LogP contribution in [0.25, 0.3) is 10.9 Å². The van der Waals surface area contributed by atoms with Gasteiger partial charge in [0, 0.05) is 22.3 Å². The number of carboxylic acid groups (broad SMARTS) is 1. The van der Waals surface area contributed by atoms with Crippen molar-refractivity contribution in [1.29, 1.82) is 0 Å². The molecule has 1 atom stereocenters. The molecule has 0 amide bonds. The Labute approximate surface area is 234 Å². The van der Waals surface area contributed by atoms with E-state index in [1.54, 1.807) is 18.3 Å². The number of carboxylic acids is 1. The number of aromatic nitrogens is 1. The smallest absolute Gasteiger partial charge is 0.329 e. The van der Waals surface area contributed by atoms with Crippen LogP contribution in [0.15, 0.2) is 85.1 Å². The van der Waals surface area contributed by atoms with Gasteiger partial charge >= 0.3 is 5.97 Å². The molecular formula is C33H33ClN2O3. The number of hydrogen-bond donors (Lipinski definition) is 2. The number of anilines is 1. The van der Waals surface area contributed by atoms with Gasteiger partial charge in [-0.15, -0.1) is 0 Å². The summed E-state index contributed by atoms with van der Waals surface area (Å²) in [4.78, 5) is 17.1. The first kappa shape index (κ1) is 25.7. The number of hydrogen-bond acceptors (Lipinski definition) is 4. The number of carbonyl (C=O) groups is 1. The molecule has 6 rings (SSSR count). The summed E-state index contributed by atoms with van der Waals surface area (Å²) in [6, 6.07) is 26.1. The topological polar surface area (TPSA) is 71.5 Å². The van der Waals surface area contributed by atoms with Crippen molar-refractivity contribution < 1.29 is 14.6 Å². The van der Waals surface area contributed by atoms with Crippen LogP contribution in [-0.4, -0.2) is 28.2 Å². The average molecular weight is 541 g/mol. The van der Waals surface area contributed by atoms with Gasteiger partial charge < -0.3 is 15.2 Å². The standard InChI is InChI=1S/C33H33ClN2O3/c34-25-9-5-10-26(22-25)36-33(31(37)38)17-15-32(16-18-33)24(21-23-7-1-3-12-28(23)32)8-6-20-39-30-14-19-35-29-13-4-2-11-27(29)30/h1-5,7,9-14,19,22,24,36H,6,8,15-18,20-21H2,(H,37,38). The third-order valence-corrected chi connectivity index (χ3v) is 9.21.